The van der Waals surface area contributed by atoms with Crippen molar-refractivity contribution in [3.8, 4) is 0 Å². The molecular weight excluding hydrogens is 364 g/mol. The van der Waals surface area contributed by atoms with Crippen LogP contribution >= 0.6 is 0 Å². The molecule has 0 bridgehead atoms. The number of hydrogen-bond acceptors (Lipinski definition) is 1. The molecule has 0 spiro atoms. The monoisotopic (exact) mass is 410 g/mol. The van der Waals surface area contributed by atoms with Gasteiger partial charge in [0.15, 0.2) is 0 Å². The fourth-order valence-electron chi connectivity index (χ4n) is 5.84. The molecular formula is C29H46O. The van der Waals surface area contributed by atoms with Crippen LogP contribution in [0.2, 0.25) is 0 Å². The molecule has 1 aromatic rings. The molecule has 0 amide bonds. The summed E-state index contributed by atoms with van der Waals surface area (Å²) in [4.78, 5) is 0. The van der Waals surface area contributed by atoms with E-state index >= 15 is 0 Å². The highest BCUT2D eigenvalue weighted by Crippen LogP contribution is 2.40. The van der Waals surface area contributed by atoms with E-state index in [0.717, 1.165) is 43.3 Å². The van der Waals surface area contributed by atoms with Crippen LogP contribution in [-0.2, 0) is 11.3 Å². The fourth-order valence-corrected chi connectivity index (χ4v) is 5.84. The van der Waals surface area contributed by atoms with Crippen molar-refractivity contribution in [2.24, 2.45) is 17.8 Å². The highest BCUT2D eigenvalue weighted by Gasteiger charge is 2.25. The van der Waals surface area contributed by atoms with E-state index in [4.69, 9.17) is 4.74 Å². The van der Waals surface area contributed by atoms with Crippen LogP contribution in [0.25, 0.3) is 0 Å². The normalized spacial score (nSPS) is 27.1. The van der Waals surface area contributed by atoms with Gasteiger partial charge in [0.2, 0.25) is 0 Å². The van der Waals surface area contributed by atoms with Gasteiger partial charge in [0.05, 0.1) is 6.61 Å². The van der Waals surface area contributed by atoms with E-state index in [2.05, 4.69) is 43.8 Å². The summed E-state index contributed by atoms with van der Waals surface area (Å²) in [6.07, 6.45) is 21.9. The van der Waals surface area contributed by atoms with Crippen molar-refractivity contribution >= 4 is 0 Å². The Labute approximate surface area is 186 Å². The molecule has 0 N–H and O–H groups in total. The van der Waals surface area contributed by atoms with Crippen LogP contribution in [0.3, 0.4) is 0 Å². The molecule has 0 saturated heterocycles. The summed E-state index contributed by atoms with van der Waals surface area (Å²) >= 11 is 0. The quantitative estimate of drug-likeness (QED) is 0.247. The minimum Gasteiger partial charge on any atom is -0.377 e. The number of benzene rings is 1. The third-order valence-corrected chi connectivity index (χ3v) is 7.89. The zero-order chi connectivity index (χ0) is 21.0. The minimum absolute atomic E-state index is 0.762. The van der Waals surface area contributed by atoms with Gasteiger partial charge in [-0.05, 0) is 79.7 Å². The third-order valence-electron chi connectivity index (χ3n) is 7.89. The van der Waals surface area contributed by atoms with Crippen LogP contribution in [0.1, 0.15) is 114 Å². The lowest BCUT2D eigenvalue weighted by Crippen LogP contribution is -2.17. The van der Waals surface area contributed by atoms with Crippen LogP contribution in [0, 0.1) is 17.8 Å². The molecule has 168 valence electrons. The van der Waals surface area contributed by atoms with Crippen molar-refractivity contribution in [3.63, 3.8) is 0 Å². The van der Waals surface area contributed by atoms with Gasteiger partial charge in [0.25, 0.3) is 0 Å². The van der Waals surface area contributed by atoms with Crippen molar-refractivity contribution in [3.05, 3.63) is 48.0 Å². The van der Waals surface area contributed by atoms with Gasteiger partial charge in [-0.2, -0.15) is 0 Å². The van der Waals surface area contributed by atoms with Gasteiger partial charge >= 0.3 is 0 Å². The largest absolute Gasteiger partial charge is 0.377 e. The zero-order valence-corrected chi connectivity index (χ0v) is 19.6. The molecule has 0 aliphatic heterocycles. The summed E-state index contributed by atoms with van der Waals surface area (Å²) in [6.45, 7) is 7.65. The molecule has 1 nitrogen and oxygen atoms in total. The van der Waals surface area contributed by atoms with Crippen molar-refractivity contribution in [2.75, 3.05) is 6.61 Å². The summed E-state index contributed by atoms with van der Waals surface area (Å²) in [7, 11) is 0. The second kappa shape index (κ2) is 13.4. The number of unbranched alkanes of at least 4 members (excludes halogenated alkanes) is 1. The average Bonchev–Trinajstić information content (AvgIpc) is 2.80. The first-order chi connectivity index (χ1) is 14.8. The van der Waals surface area contributed by atoms with E-state index in [1.807, 2.05) is 0 Å². The van der Waals surface area contributed by atoms with Crippen molar-refractivity contribution < 1.29 is 4.74 Å². The maximum Gasteiger partial charge on any atom is 0.0716 e. The Kier molecular flexibility index (Phi) is 10.5. The van der Waals surface area contributed by atoms with Gasteiger partial charge in [0, 0.05) is 6.61 Å². The maximum atomic E-state index is 5.67. The fraction of sp³-hybridized carbons (Fsp3) is 0.724. The van der Waals surface area contributed by atoms with Gasteiger partial charge in [-0.3, -0.25) is 0 Å². The predicted octanol–water partition coefficient (Wildman–Crippen LogP) is 8.83. The van der Waals surface area contributed by atoms with Crippen molar-refractivity contribution in [1.82, 2.24) is 0 Å². The first kappa shape index (κ1) is 23.6. The Morgan fingerprint density at radius 3 is 1.97 bits per heavy atom. The Bertz CT molecular complexity index is 573. The van der Waals surface area contributed by atoms with Gasteiger partial charge in [0.1, 0.15) is 0 Å². The van der Waals surface area contributed by atoms with E-state index in [-0.39, 0.29) is 0 Å². The van der Waals surface area contributed by atoms with Crippen molar-refractivity contribution in [1.29, 1.82) is 0 Å². The first-order valence-electron chi connectivity index (χ1n) is 13.1. The number of hydrogen-bond donors (Lipinski definition) is 0. The Balaban J connectivity index is 1.30. The van der Waals surface area contributed by atoms with Gasteiger partial charge in [-0.15, -0.1) is 6.58 Å². The van der Waals surface area contributed by atoms with Crippen molar-refractivity contribution in [2.45, 2.75) is 109 Å². The van der Waals surface area contributed by atoms with Gasteiger partial charge < -0.3 is 4.74 Å². The molecule has 2 fully saturated rings. The van der Waals surface area contributed by atoms with Gasteiger partial charge in [-0.1, -0.05) is 82.2 Å². The minimum atomic E-state index is 0.762. The molecule has 0 atom stereocenters. The lowest BCUT2D eigenvalue weighted by atomic mass is 9.74. The molecule has 30 heavy (non-hydrogen) atoms. The second-order valence-corrected chi connectivity index (χ2v) is 10.2. The molecule has 0 aromatic heterocycles. The summed E-state index contributed by atoms with van der Waals surface area (Å²) in [5.74, 6) is 3.83. The van der Waals surface area contributed by atoms with Crippen LogP contribution in [0.5, 0.6) is 0 Å². The molecule has 2 saturated carbocycles. The smallest absolute Gasteiger partial charge is 0.0716 e. The average molecular weight is 411 g/mol. The summed E-state index contributed by atoms with van der Waals surface area (Å²) < 4.78 is 5.67. The molecule has 2 aliphatic carbocycles. The number of allylic oxidation sites excluding steroid dienone is 1. The Morgan fingerprint density at radius 2 is 1.40 bits per heavy atom. The first-order valence-corrected chi connectivity index (χ1v) is 13.1. The summed E-state index contributed by atoms with van der Waals surface area (Å²) in [5, 5.41) is 0. The van der Waals surface area contributed by atoms with Gasteiger partial charge in [-0.25, -0.2) is 0 Å². The van der Waals surface area contributed by atoms with Crippen LogP contribution in [0.4, 0.5) is 0 Å². The molecule has 2 aliphatic rings. The second-order valence-electron chi connectivity index (χ2n) is 10.2. The molecule has 1 aromatic carbocycles. The number of rotatable bonds is 12. The standard InChI is InChI=1S/C29H46O/c1-3-5-6-7-24-8-10-25(11-9-24)12-13-26-14-18-28(19-15-26)29-20-16-27(17-21-29)23-30-22-4-2/h3,16-17,20-21,24-26,28H,1,4-15,18-19,22-23H2,2H3/t24-,25-,26?,28?. The topological polar surface area (TPSA) is 9.23 Å². The molecule has 0 radical (unpaired) electrons. The van der Waals surface area contributed by atoms with E-state index in [0.29, 0.717) is 0 Å². The molecule has 3 rings (SSSR count). The lowest BCUT2D eigenvalue weighted by Gasteiger charge is -2.32. The summed E-state index contributed by atoms with van der Waals surface area (Å²) in [6, 6.07) is 9.29. The van der Waals surface area contributed by atoms with Crippen LogP contribution in [0.15, 0.2) is 36.9 Å². The maximum absolute atomic E-state index is 5.67. The van der Waals surface area contributed by atoms with E-state index < -0.39 is 0 Å². The zero-order valence-electron chi connectivity index (χ0n) is 19.6. The van der Waals surface area contributed by atoms with Crippen LogP contribution < -0.4 is 0 Å². The predicted molar refractivity (Wildman–Crippen MR) is 130 cm³/mol. The highest BCUT2D eigenvalue weighted by molar-refractivity contribution is 5.25. The van der Waals surface area contributed by atoms with E-state index in [1.54, 1.807) is 5.56 Å². The Morgan fingerprint density at radius 1 is 0.833 bits per heavy atom. The SMILES string of the molecule is C=CCCC[C@H]1CC[C@H](CCC2CCC(c3ccc(COCCC)cc3)CC2)CC1. The Hall–Kier alpha value is -1.08. The van der Waals surface area contributed by atoms with E-state index in [9.17, 15) is 0 Å². The molecule has 0 unspecified atom stereocenters. The third kappa shape index (κ3) is 7.88. The summed E-state index contributed by atoms with van der Waals surface area (Å²) in [5.41, 5.74) is 2.87. The number of ether oxygens (including phenoxy) is 1. The van der Waals surface area contributed by atoms with E-state index in [1.165, 1.54) is 89.0 Å². The molecule has 0 heterocycles. The lowest BCUT2D eigenvalue weighted by molar-refractivity contribution is 0.121. The molecule has 1 heteroatoms. The highest BCUT2D eigenvalue weighted by atomic mass is 16.5. The van der Waals surface area contributed by atoms with Crippen LogP contribution in [-0.4, -0.2) is 6.61 Å².